The second-order valence-electron chi connectivity index (χ2n) is 8.26. The lowest BCUT2D eigenvalue weighted by atomic mass is 10.1. The average molecular weight is 442 g/mol. The number of imide groups is 1. The molecule has 0 spiro atoms. The zero-order valence-electron chi connectivity index (χ0n) is 18.0. The summed E-state index contributed by atoms with van der Waals surface area (Å²) in [4.78, 5) is 29.2. The smallest absolute Gasteiger partial charge is 0.251 e. The zero-order valence-corrected chi connectivity index (χ0v) is 18.9. The van der Waals surface area contributed by atoms with Crippen LogP contribution in [-0.4, -0.2) is 61.7 Å². The number of para-hydroxylation sites is 1. The number of aryl methyl sites for hydroxylation is 3. The number of sulfonamides is 1. The third kappa shape index (κ3) is 3.91. The molecule has 0 aromatic heterocycles. The summed E-state index contributed by atoms with van der Waals surface area (Å²) in [6.45, 7) is 7.12. The molecule has 7 nitrogen and oxygen atoms in total. The van der Waals surface area contributed by atoms with Gasteiger partial charge in [0, 0.05) is 26.2 Å². The number of hydrogen-bond donors (Lipinski definition) is 0. The van der Waals surface area contributed by atoms with Gasteiger partial charge < -0.3 is 0 Å². The Labute approximate surface area is 183 Å². The molecule has 2 amide bonds. The number of amides is 2. The van der Waals surface area contributed by atoms with E-state index in [9.17, 15) is 18.0 Å². The Hall–Kier alpha value is -2.55. The average Bonchev–Trinajstić information content (AvgIpc) is 3.04. The Kier molecular flexibility index (Phi) is 5.72. The third-order valence-electron chi connectivity index (χ3n) is 6.31. The lowest BCUT2D eigenvalue weighted by Crippen LogP contribution is -2.53. The molecule has 8 heteroatoms. The van der Waals surface area contributed by atoms with Crippen LogP contribution in [0.3, 0.4) is 0 Å². The van der Waals surface area contributed by atoms with Gasteiger partial charge in [0.05, 0.1) is 23.0 Å². The molecule has 4 rings (SSSR count). The number of nitrogens with zero attached hydrogens (tertiary/aromatic N) is 3. The molecule has 2 saturated heterocycles. The van der Waals surface area contributed by atoms with Crippen molar-refractivity contribution in [3.05, 3.63) is 59.2 Å². The van der Waals surface area contributed by atoms with Crippen molar-refractivity contribution in [2.24, 2.45) is 0 Å². The Morgan fingerprint density at radius 2 is 1.52 bits per heavy atom. The third-order valence-corrected chi connectivity index (χ3v) is 8.20. The second-order valence-corrected chi connectivity index (χ2v) is 10.2. The normalized spacial score (nSPS) is 21.1. The van der Waals surface area contributed by atoms with Crippen LogP contribution in [0, 0.1) is 20.8 Å². The van der Waals surface area contributed by atoms with Gasteiger partial charge in [-0.2, -0.15) is 4.31 Å². The van der Waals surface area contributed by atoms with Gasteiger partial charge in [0.1, 0.15) is 0 Å². The fourth-order valence-electron chi connectivity index (χ4n) is 4.25. The highest BCUT2D eigenvalue weighted by Crippen LogP contribution is 2.29. The number of hydrogen-bond acceptors (Lipinski definition) is 5. The fourth-order valence-corrected chi connectivity index (χ4v) is 5.76. The van der Waals surface area contributed by atoms with E-state index in [-0.39, 0.29) is 31.3 Å². The van der Waals surface area contributed by atoms with E-state index in [4.69, 9.17) is 0 Å². The van der Waals surface area contributed by atoms with Gasteiger partial charge in [0.25, 0.3) is 5.91 Å². The molecule has 2 aromatic rings. The highest BCUT2D eigenvalue weighted by Gasteiger charge is 2.44. The number of benzene rings is 2. The van der Waals surface area contributed by atoms with E-state index in [1.807, 2.05) is 49.9 Å². The molecule has 164 valence electrons. The van der Waals surface area contributed by atoms with Gasteiger partial charge in [0.2, 0.25) is 15.9 Å². The summed E-state index contributed by atoms with van der Waals surface area (Å²) < 4.78 is 27.6. The topological polar surface area (TPSA) is 78.0 Å². The van der Waals surface area contributed by atoms with Crippen LogP contribution in [0.2, 0.25) is 0 Å². The largest absolute Gasteiger partial charge is 0.289 e. The number of rotatable bonds is 4. The summed E-state index contributed by atoms with van der Waals surface area (Å²) in [5, 5.41) is 0. The summed E-state index contributed by atoms with van der Waals surface area (Å²) in [6.07, 6.45) is 0.122. The highest BCUT2D eigenvalue weighted by atomic mass is 32.2. The van der Waals surface area contributed by atoms with Gasteiger partial charge in [0.15, 0.2) is 0 Å². The van der Waals surface area contributed by atoms with E-state index in [1.54, 1.807) is 18.2 Å². The van der Waals surface area contributed by atoms with Crippen LogP contribution in [0.4, 0.5) is 5.69 Å². The summed E-state index contributed by atoms with van der Waals surface area (Å²) in [5.41, 5.74) is 3.47. The van der Waals surface area contributed by atoms with Crippen molar-refractivity contribution in [2.75, 3.05) is 31.1 Å². The Morgan fingerprint density at radius 3 is 2.16 bits per heavy atom. The van der Waals surface area contributed by atoms with Gasteiger partial charge in [-0.15, -0.1) is 0 Å². The summed E-state index contributed by atoms with van der Waals surface area (Å²) in [7, 11) is -3.59. The van der Waals surface area contributed by atoms with Crippen LogP contribution >= 0.6 is 0 Å². The molecule has 2 fully saturated rings. The quantitative estimate of drug-likeness (QED) is 0.680. The molecule has 0 unspecified atom stereocenters. The van der Waals surface area contributed by atoms with Gasteiger partial charge in [-0.25, -0.2) is 13.3 Å². The van der Waals surface area contributed by atoms with E-state index >= 15 is 0 Å². The van der Waals surface area contributed by atoms with Crippen molar-refractivity contribution < 1.29 is 18.0 Å². The Balaban J connectivity index is 1.46. The molecule has 0 aliphatic carbocycles. The van der Waals surface area contributed by atoms with E-state index in [1.165, 1.54) is 9.21 Å². The van der Waals surface area contributed by atoms with E-state index in [2.05, 4.69) is 0 Å². The fraction of sp³-hybridized carbons (Fsp3) is 0.391. The zero-order chi connectivity index (χ0) is 22.3. The minimum Gasteiger partial charge on any atom is -0.289 e. The van der Waals surface area contributed by atoms with Crippen molar-refractivity contribution >= 4 is 27.5 Å². The SMILES string of the molecule is Cc1ccc(S(=O)(=O)N2CCN([C@@H]3CC(=O)N(c4ccccc4C)C3=O)CC2)cc1C. The van der Waals surface area contributed by atoms with Crippen LogP contribution in [0.5, 0.6) is 0 Å². The maximum atomic E-state index is 13.1. The molecule has 31 heavy (non-hydrogen) atoms. The minimum absolute atomic E-state index is 0.122. The highest BCUT2D eigenvalue weighted by molar-refractivity contribution is 7.89. The van der Waals surface area contributed by atoms with Crippen LogP contribution in [0.25, 0.3) is 0 Å². The van der Waals surface area contributed by atoms with Crippen molar-refractivity contribution in [3.8, 4) is 0 Å². The molecule has 1 atom stereocenters. The van der Waals surface area contributed by atoms with Gasteiger partial charge in [-0.05, 0) is 55.7 Å². The summed E-state index contributed by atoms with van der Waals surface area (Å²) in [5.74, 6) is -0.445. The summed E-state index contributed by atoms with van der Waals surface area (Å²) in [6, 6.07) is 12.0. The number of anilines is 1. The van der Waals surface area contributed by atoms with Crippen LogP contribution in [0.1, 0.15) is 23.1 Å². The van der Waals surface area contributed by atoms with Crippen LogP contribution in [0.15, 0.2) is 47.4 Å². The maximum Gasteiger partial charge on any atom is 0.251 e. The first-order valence-electron chi connectivity index (χ1n) is 10.4. The van der Waals surface area contributed by atoms with Crippen molar-refractivity contribution in [1.29, 1.82) is 0 Å². The second kappa shape index (κ2) is 8.18. The molecule has 0 saturated carbocycles. The molecule has 2 heterocycles. The molecular weight excluding hydrogens is 414 g/mol. The first kappa shape index (κ1) is 21.7. The Morgan fingerprint density at radius 1 is 0.839 bits per heavy atom. The monoisotopic (exact) mass is 441 g/mol. The first-order valence-corrected chi connectivity index (χ1v) is 11.9. The predicted molar refractivity (Wildman–Crippen MR) is 118 cm³/mol. The molecule has 2 aromatic carbocycles. The van der Waals surface area contributed by atoms with Crippen molar-refractivity contribution in [1.82, 2.24) is 9.21 Å². The number of piperazine rings is 1. The first-order chi connectivity index (χ1) is 14.7. The lowest BCUT2D eigenvalue weighted by Gasteiger charge is -2.36. The minimum atomic E-state index is -3.59. The summed E-state index contributed by atoms with van der Waals surface area (Å²) >= 11 is 0. The van der Waals surface area contributed by atoms with Crippen LogP contribution in [-0.2, 0) is 19.6 Å². The van der Waals surface area contributed by atoms with Gasteiger partial charge in [-0.3, -0.25) is 14.5 Å². The van der Waals surface area contributed by atoms with Crippen molar-refractivity contribution in [3.63, 3.8) is 0 Å². The predicted octanol–water partition coefficient (Wildman–Crippen LogP) is 2.25. The molecule has 0 bridgehead atoms. The van der Waals surface area contributed by atoms with E-state index < -0.39 is 16.1 Å². The molecule has 0 radical (unpaired) electrons. The molecule has 2 aliphatic rings. The standard InChI is InChI=1S/C23H27N3O4S/c1-16-8-9-19(14-18(16)3)31(29,30)25-12-10-24(11-13-25)21-15-22(27)26(23(21)28)20-7-5-4-6-17(20)2/h4-9,14,21H,10-13,15H2,1-3H3/t21-/m1/s1. The molecule has 0 N–H and O–H groups in total. The van der Waals surface area contributed by atoms with E-state index in [0.717, 1.165) is 16.7 Å². The lowest BCUT2D eigenvalue weighted by molar-refractivity contribution is -0.123. The van der Waals surface area contributed by atoms with Crippen molar-refractivity contribution in [2.45, 2.75) is 38.1 Å². The number of carbonyl (C=O) groups excluding carboxylic acids is 2. The van der Waals surface area contributed by atoms with Gasteiger partial charge >= 0.3 is 0 Å². The van der Waals surface area contributed by atoms with Crippen LogP contribution < -0.4 is 4.90 Å². The molecule has 2 aliphatic heterocycles. The number of carbonyl (C=O) groups is 2. The Bertz CT molecular complexity index is 1140. The van der Waals surface area contributed by atoms with E-state index in [0.29, 0.717) is 23.7 Å². The maximum absolute atomic E-state index is 13.1. The van der Waals surface area contributed by atoms with Gasteiger partial charge in [-0.1, -0.05) is 24.3 Å². The molecular formula is C23H27N3O4S.